The molecular formula is C19H25N3O4S. The summed E-state index contributed by atoms with van der Waals surface area (Å²) in [7, 11) is -3.78. The fourth-order valence-electron chi connectivity index (χ4n) is 4.37. The molecule has 3 saturated heterocycles. The quantitative estimate of drug-likeness (QED) is 0.833. The van der Waals surface area contributed by atoms with E-state index in [1.165, 1.54) is 43.5 Å². The van der Waals surface area contributed by atoms with Crippen LogP contribution in [0.25, 0.3) is 0 Å². The second-order valence-electron chi connectivity index (χ2n) is 8.00. The molecular weight excluding hydrogens is 366 g/mol. The van der Waals surface area contributed by atoms with E-state index in [2.05, 4.69) is 0 Å². The monoisotopic (exact) mass is 391 g/mol. The van der Waals surface area contributed by atoms with Gasteiger partial charge in [0.25, 0.3) is 5.91 Å². The molecule has 3 aliphatic heterocycles. The van der Waals surface area contributed by atoms with Crippen LogP contribution in [0.15, 0.2) is 29.2 Å². The molecule has 8 heteroatoms. The topological polar surface area (TPSA) is 101 Å². The number of nitrogens with two attached hydrogens (primary N) is 1. The molecule has 146 valence electrons. The maximum Gasteiger partial charge on any atom is 0.253 e. The number of nitrogens with zero attached hydrogens (tertiary/aromatic N) is 2. The fraction of sp³-hybridized carbons (Fsp3) is 0.579. The minimum Gasteiger partial charge on any atom is -0.337 e. The Balaban J connectivity index is 1.51. The number of sulfonamides is 1. The summed E-state index contributed by atoms with van der Waals surface area (Å²) >= 11 is 0. The third-order valence-electron chi connectivity index (χ3n) is 6.19. The van der Waals surface area contributed by atoms with Crippen LogP contribution in [-0.2, 0) is 14.8 Å². The molecule has 27 heavy (non-hydrogen) atoms. The van der Waals surface area contributed by atoms with Gasteiger partial charge in [-0.1, -0.05) is 6.42 Å². The van der Waals surface area contributed by atoms with Crippen LogP contribution in [0.5, 0.6) is 0 Å². The van der Waals surface area contributed by atoms with E-state index in [9.17, 15) is 18.0 Å². The fourth-order valence-corrected chi connectivity index (χ4v) is 4.89. The van der Waals surface area contributed by atoms with E-state index in [0.29, 0.717) is 24.6 Å². The zero-order valence-corrected chi connectivity index (χ0v) is 16.0. The summed E-state index contributed by atoms with van der Waals surface area (Å²) in [6.45, 7) is 1.81. The summed E-state index contributed by atoms with van der Waals surface area (Å²) < 4.78 is 22.8. The van der Waals surface area contributed by atoms with E-state index in [-0.39, 0.29) is 28.7 Å². The van der Waals surface area contributed by atoms with Crippen molar-refractivity contribution in [3.63, 3.8) is 0 Å². The predicted octanol–water partition coefficient (Wildman–Crippen LogP) is 1.20. The second kappa shape index (κ2) is 6.91. The van der Waals surface area contributed by atoms with Gasteiger partial charge >= 0.3 is 0 Å². The molecule has 0 unspecified atom stereocenters. The van der Waals surface area contributed by atoms with Crippen LogP contribution in [0.3, 0.4) is 0 Å². The van der Waals surface area contributed by atoms with Gasteiger partial charge in [-0.2, -0.15) is 0 Å². The average Bonchev–Trinajstić information content (AvgIpc) is 2.88. The molecule has 3 heterocycles. The summed E-state index contributed by atoms with van der Waals surface area (Å²) in [5.41, 5.74) is 0.418. The van der Waals surface area contributed by atoms with Crippen molar-refractivity contribution < 1.29 is 18.0 Å². The van der Waals surface area contributed by atoms with Gasteiger partial charge in [0.15, 0.2) is 0 Å². The molecule has 2 amide bonds. The Labute approximate surface area is 159 Å². The Morgan fingerprint density at radius 2 is 1.78 bits per heavy atom. The highest BCUT2D eigenvalue weighted by Crippen LogP contribution is 2.34. The van der Waals surface area contributed by atoms with E-state index in [1.807, 2.05) is 4.90 Å². The molecule has 4 aliphatic rings. The smallest absolute Gasteiger partial charge is 0.253 e. The average molecular weight is 391 g/mol. The van der Waals surface area contributed by atoms with Crippen LogP contribution in [0.1, 0.15) is 42.5 Å². The lowest BCUT2D eigenvalue weighted by molar-refractivity contribution is -0.141. The molecule has 0 aromatic heterocycles. The lowest BCUT2D eigenvalue weighted by Gasteiger charge is -2.40. The van der Waals surface area contributed by atoms with Crippen molar-refractivity contribution in [2.75, 3.05) is 19.6 Å². The highest BCUT2D eigenvalue weighted by atomic mass is 32.2. The van der Waals surface area contributed by atoms with E-state index in [4.69, 9.17) is 5.14 Å². The van der Waals surface area contributed by atoms with Crippen molar-refractivity contribution in [1.82, 2.24) is 9.80 Å². The number of carbonyl (C=O) groups is 2. The third-order valence-corrected chi connectivity index (χ3v) is 7.12. The first-order chi connectivity index (χ1) is 12.8. The Bertz CT molecular complexity index is 848. The van der Waals surface area contributed by atoms with E-state index in [0.717, 1.165) is 19.4 Å². The molecule has 1 aromatic carbocycles. The van der Waals surface area contributed by atoms with Crippen LogP contribution in [0.2, 0.25) is 0 Å². The van der Waals surface area contributed by atoms with Crippen molar-refractivity contribution in [2.45, 2.75) is 43.0 Å². The number of fused-ring (bicyclic) bond motifs is 4. The molecule has 0 spiro atoms. The molecule has 2 bridgehead atoms. The number of hydrogen-bond donors (Lipinski definition) is 1. The molecule has 0 radical (unpaired) electrons. The number of piperidine rings is 1. The third kappa shape index (κ3) is 3.60. The van der Waals surface area contributed by atoms with Gasteiger partial charge in [0, 0.05) is 31.2 Å². The highest BCUT2D eigenvalue weighted by Gasteiger charge is 2.43. The van der Waals surface area contributed by atoms with Crippen LogP contribution in [-0.4, -0.2) is 55.7 Å². The van der Waals surface area contributed by atoms with Crippen LogP contribution in [0.4, 0.5) is 0 Å². The Morgan fingerprint density at radius 1 is 1.07 bits per heavy atom. The standard InChI is InChI=1S/C19H25N3O4S/c20-27(25,26)17-8-5-14(6-9-17)18(23)21-11-15-4-7-16(12-21)22(19(15)24)10-13-2-1-3-13/h5-6,8-9,13,15-16H,1-4,7,10-12H2,(H2,20,25,26)/t15-,16+/m0/s1. The number of hydrogen-bond acceptors (Lipinski definition) is 4. The molecule has 2 N–H and O–H groups in total. The van der Waals surface area contributed by atoms with Gasteiger partial charge in [0.05, 0.1) is 10.8 Å². The van der Waals surface area contributed by atoms with Gasteiger partial charge in [-0.25, -0.2) is 13.6 Å². The van der Waals surface area contributed by atoms with Gasteiger partial charge in [0.1, 0.15) is 0 Å². The van der Waals surface area contributed by atoms with Gasteiger partial charge in [0.2, 0.25) is 15.9 Å². The minimum atomic E-state index is -3.78. The van der Waals surface area contributed by atoms with E-state index < -0.39 is 10.0 Å². The molecule has 7 nitrogen and oxygen atoms in total. The van der Waals surface area contributed by atoms with Crippen molar-refractivity contribution in [1.29, 1.82) is 0 Å². The molecule has 1 aliphatic carbocycles. The Kier molecular flexibility index (Phi) is 4.71. The predicted molar refractivity (Wildman–Crippen MR) is 99.3 cm³/mol. The second-order valence-corrected chi connectivity index (χ2v) is 9.56. The first-order valence-corrected chi connectivity index (χ1v) is 11.1. The summed E-state index contributed by atoms with van der Waals surface area (Å²) in [5.74, 6) is 0.517. The molecule has 2 atom stereocenters. The van der Waals surface area contributed by atoms with Crippen LogP contribution in [0, 0.1) is 11.8 Å². The largest absolute Gasteiger partial charge is 0.337 e. The number of benzene rings is 1. The van der Waals surface area contributed by atoms with Crippen molar-refractivity contribution in [3.05, 3.63) is 29.8 Å². The Hall–Kier alpha value is -1.93. The van der Waals surface area contributed by atoms with Crippen molar-refractivity contribution >= 4 is 21.8 Å². The zero-order valence-electron chi connectivity index (χ0n) is 15.2. The van der Waals surface area contributed by atoms with Gasteiger partial charge in [-0.05, 0) is 55.9 Å². The zero-order chi connectivity index (χ0) is 19.2. The maximum absolute atomic E-state index is 13.0. The number of amides is 2. The van der Waals surface area contributed by atoms with E-state index >= 15 is 0 Å². The minimum absolute atomic E-state index is 0.0168. The van der Waals surface area contributed by atoms with Gasteiger partial charge < -0.3 is 9.80 Å². The first kappa shape index (κ1) is 18.4. The molecule has 4 fully saturated rings. The van der Waals surface area contributed by atoms with Crippen molar-refractivity contribution in [3.8, 4) is 0 Å². The summed E-state index contributed by atoms with van der Waals surface area (Å²) in [6.07, 6.45) is 5.41. The number of rotatable bonds is 4. The molecule has 1 saturated carbocycles. The summed E-state index contributed by atoms with van der Waals surface area (Å²) in [5, 5.41) is 5.11. The van der Waals surface area contributed by atoms with Gasteiger partial charge in [-0.3, -0.25) is 9.59 Å². The van der Waals surface area contributed by atoms with Crippen molar-refractivity contribution in [2.24, 2.45) is 17.0 Å². The lowest BCUT2D eigenvalue weighted by atomic mass is 9.83. The number of carbonyl (C=O) groups excluding carboxylic acids is 2. The molecule has 1 aromatic rings. The van der Waals surface area contributed by atoms with E-state index in [1.54, 1.807) is 4.90 Å². The molecule has 5 rings (SSSR count). The van der Waals surface area contributed by atoms with Crippen LogP contribution < -0.4 is 5.14 Å². The lowest BCUT2D eigenvalue weighted by Crippen LogP contribution is -2.50. The Morgan fingerprint density at radius 3 is 2.37 bits per heavy atom. The highest BCUT2D eigenvalue weighted by molar-refractivity contribution is 7.89. The SMILES string of the molecule is NS(=O)(=O)c1ccc(C(=O)N2C[C@@H]3CC[C@H](C2)N(CC2CCC2)C3=O)cc1. The summed E-state index contributed by atoms with van der Waals surface area (Å²) in [4.78, 5) is 29.6. The van der Waals surface area contributed by atoms with Crippen LogP contribution >= 0.6 is 0 Å². The first-order valence-electron chi connectivity index (χ1n) is 9.55. The normalized spacial score (nSPS) is 26.0. The van der Waals surface area contributed by atoms with Gasteiger partial charge in [-0.15, -0.1) is 0 Å². The number of primary sulfonamides is 1. The maximum atomic E-state index is 13.0. The summed E-state index contributed by atoms with van der Waals surface area (Å²) in [6, 6.07) is 5.77.